The Morgan fingerprint density at radius 2 is 1.67 bits per heavy atom. The first-order chi connectivity index (χ1) is 17.6. The largest absolute Gasteiger partial charge is 0.497 e. The van der Waals surface area contributed by atoms with Crippen molar-refractivity contribution in [1.29, 1.82) is 0 Å². The number of anilines is 2. The Morgan fingerprint density at radius 1 is 0.889 bits per heavy atom. The van der Waals surface area contributed by atoms with Gasteiger partial charge in [-0.25, -0.2) is 9.78 Å². The third kappa shape index (κ3) is 7.10. The molecule has 0 spiro atoms. The third-order valence-electron chi connectivity index (χ3n) is 5.07. The summed E-state index contributed by atoms with van der Waals surface area (Å²) in [6.07, 6.45) is 2.08. The van der Waals surface area contributed by atoms with E-state index in [1.165, 1.54) is 0 Å². The minimum Gasteiger partial charge on any atom is -0.497 e. The van der Waals surface area contributed by atoms with Gasteiger partial charge in [0, 0.05) is 36.0 Å². The molecule has 0 radical (unpaired) electrons. The van der Waals surface area contributed by atoms with Crippen molar-refractivity contribution in [2.75, 3.05) is 30.9 Å². The standard InChI is InChI=1S/C27H26N4O5/c1-34-23-12-10-19(11-13-23)26-30-22(17-36-26)14-15-28-27(33)31-21-8-5-9-24(16-21)35-18-25(32)29-20-6-3-2-4-7-20/h2-13,16-17H,14-15,18H2,1H3,(H,29,32)(H2,28,31,33). The molecule has 0 aliphatic heterocycles. The van der Waals surface area contributed by atoms with E-state index in [0.717, 1.165) is 17.0 Å². The van der Waals surface area contributed by atoms with Crippen LogP contribution in [0.3, 0.4) is 0 Å². The average molecular weight is 487 g/mol. The number of amides is 3. The number of aromatic nitrogens is 1. The highest BCUT2D eigenvalue weighted by atomic mass is 16.5. The van der Waals surface area contributed by atoms with Crippen LogP contribution in [-0.4, -0.2) is 37.2 Å². The molecule has 0 bridgehead atoms. The Morgan fingerprint density at radius 3 is 2.44 bits per heavy atom. The lowest BCUT2D eigenvalue weighted by atomic mass is 10.2. The van der Waals surface area contributed by atoms with Crippen LogP contribution in [0.15, 0.2) is 89.5 Å². The summed E-state index contributed by atoms with van der Waals surface area (Å²) < 4.78 is 16.2. The number of ether oxygens (including phenoxy) is 2. The number of nitrogens with one attached hydrogen (secondary N) is 3. The highest BCUT2D eigenvalue weighted by molar-refractivity contribution is 5.92. The summed E-state index contributed by atoms with van der Waals surface area (Å²) in [5.41, 5.74) is 2.80. The van der Waals surface area contributed by atoms with E-state index >= 15 is 0 Å². The van der Waals surface area contributed by atoms with Gasteiger partial charge in [-0.2, -0.15) is 0 Å². The molecular formula is C27H26N4O5. The molecule has 0 aliphatic rings. The van der Waals surface area contributed by atoms with Gasteiger partial charge in [0.1, 0.15) is 17.8 Å². The minimum atomic E-state index is -0.368. The zero-order valence-electron chi connectivity index (χ0n) is 19.7. The van der Waals surface area contributed by atoms with Crippen LogP contribution in [0, 0.1) is 0 Å². The highest BCUT2D eigenvalue weighted by Gasteiger charge is 2.09. The molecular weight excluding hydrogens is 460 g/mol. The smallest absolute Gasteiger partial charge is 0.319 e. The topological polar surface area (TPSA) is 115 Å². The summed E-state index contributed by atoms with van der Waals surface area (Å²) in [5.74, 6) is 1.45. The Bertz CT molecular complexity index is 1290. The zero-order chi connectivity index (χ0) is 25.2. The molecule has 1 aromatic heterocycles. The molecule has 0 unspecified atom stereocenters. The maximum Gasteiger partial charge on any atom is 0.319 e. The second kappa shape index (κ2) is 12.1. The molecule has 3 amide bonds. The molecule has 4 aromatic rings. The number of methoxy groups -OCH3 is 1. The highest BCUT2D eigenvalue weighted by Crippen LogP contribution is 2.22. The van der Waals surface area contributed by atoms with Gasteiger partial charge in [0.05, 0.1) is 12.8 Å². The number of urea groups is 1. The van der Waals surface area contributed by atoms with E-state index in [1.54, 1.807) is 49.8 Å². The van der Waals surface area contributed by atoms with Gasteiger partial charge in [-0.3, -0.25) is 4.79 Å². The number of hydrogen-bond donors (Lipinski definition) is 3. The lowest BCUT2D eigenvalue weighted by Gasteiger charge is -2.10. The van der Waals surface area contributed by atoms with Gasteiger partial charge in [-0.05, 0) is 48.5 Å². The van der Waals surface area contributed by atoms with Gasteiger partial charge in [-0.1, -0.05) is 24.3 Å². The van der Waals surface area contributed by atoms with Crippen LogP contribution < -0.4 is 25.4 Å². The third-order valence-corrected chi connectivity index (χ3v) is 5.07. The molecule has 3 N–H and O–H groups in total. The van der Waals surface area contributed by atoms with Crippen LogP contribution in [0.4, 0.5) is 16.2 Å². The summed E-state index contributed by atoms with van der Waals surface area (Å²) >= 11 is 0. The van der Waals surface area contributed by atoms with E-state index in [-0.39, 0.29) is 18.5 Å². The van der Waals surface area contributed by atoms with Crippen LogP contribution in [0.5, 0.6) is 11.5 Å². The molecule has 36 heavy (non-hydrogen) atoms. The number of nitrogens with zero attached hydrogens (tertiary/aromatic N) is 1. The fourth-order valence-electron chi connectivity index (χ4n) is 3.30. The predicted octanol–water partition coefficient (Wildman–Crippen LogP) is 4.73. The summed E-state index contributed by atoms with van der Waals surface area (Å²) in [6, 6.07) is 23.0. The van der Waals surface area contributed by atoms with Gasteiger partial charge >= 0.3 is 6.03 Å². The monoisotopic (exact) mass is 486 g/mol. The van der Waals surface area contributed by atoms with Crippen LogP contribution >= 0.6 is 0 Å². The molecule has 184 valence electrons. The van der Waals surface area contributed by atoms with E-state index in [9.17, 15) is 9.59 Å². The minimum absolute atomic E-state index is 0.152. The molecule has 9 nitrogen and oxygen atoms in total. The SMILES string of the molecule is COc1ccc(-c2nc(CCNC(=O)Nc3cccc(OCC(=O)Nc4ccccc4)c3)co2)cc1. The number of carbonyl (C=O) groups excluding carboxylic acids is 2. The molecule has 0 atom stereocenters. The van der Waals surface area contributed by atoms with Crippen molar-refractivity contribution in [3.63, 3.8) is 0 Å². The first kappa shape index (κ1) is 24.3. The van der Waals surface area contributed by atoms with Gasteiger partial charge in [0.25, 0.3) is 5.91 Å². The average Bonchev–Trinajstić information content (AvgIpc) is 3.37. The summed E-state index contributed by atoms with van der Waals surface area (Å²) in [4.78, 5) is 28.8. The summed E-state index contributed by atoms with van der Waals surface area (Å²) in [7, 11) is 1.61. The second-order valence-electron chi connectivity index (χ2n) is 7.73. The van der Waals surface area contributed by atoms with Crippen LogP contribution in [0.2, 0.25) is 0 Å². The van der Waals surface area contributed by atoms with E-state index in [4.69, 9.17) is 13.9 Å². The fourth-order valence-corrected chi connectivity index (χ4v) is 3.30. The van der Waals surface area contributed by atoms with E-state index < -0.39 is 0 Å². The fraction of sp³-hybridized carbons (Fsp3) is 0.148. The van der Waals surface area contributed by atoms with E-state index in [1.807, 2.05) is 42.5 Å². The summed E-state index contributed by atoms with van der Waals surface area (Å²) in [5, 5.41) is 8.29. The number of hydrogen-bond acceptors (Lipinski definition) is 6. The molecule has 0 fully saturated rings. The Balaban J connectivity index is 1.20. The van der Waals surface area contributed by atoms with Crippen LogP contribution in [0.25, 0.3) is 11.5 Å². The van der Waals surface area contributed by atoms with Gasteiger partial charge in [0.2, 0.25) is 5.89 Å². The van der Waals surface area contributed by atoms with Gasteiger partial charge in [0.15, 0.2) is 6.61 Å². The van der Waals surface area contributed by atoms with Crippen molar-refractivity contribution in [3.05, 3.63) is 90.8 Å². The normalized spacial score (nSPS) is 10.4. The Labute approximate surface area is 208 Å². The molecule has 3 aromatic carbocycles. The van der Waals surface area contributed by atoms with Crippen molar-refractivity contribution < 1.29 is 23.5 Å². The van der Waals surface area contributed by atoms with Crippen molar-refractivity contribution in [1.82, 2.24) is 10.3 Å². The molecule has 4 rings (SSSR count). The first-order valence-corrected chi connectivity index (χ1v) is 11.3. The molecule has 1 heterocycles. The Hall–Kier alpha value is -4.79. The first-order valence-electron chi connectivity index (χ1n) is 11.3. The second-order valence-corrected chi connectivity index (χ2v) is 7.73. The molecule has 0 aliphatic carbocycles. The van der Waals surface area contributed by atoms with Crippen LogP contribution in [0.1, 0.15) is 5.69 Å². The lowest BCUT2D eigenvalue weighted by Crippen LogP contribution is -2.30. The van der Waals surface area contributed by atoms with E-state index in [2.05, 4.69) is 20.9 Å². The van der Waals surface area contributed by atoms with Crippen molar-refractivity contribution in [2.45, 2.75) is 6.42 Å². The number of rotatable bonds is 10. The molecule has 0 saturated carbocycles. The predicted molar refractivity (Wildman–Crippen MR) is 136 cm³/mol. The zero-order valence-corrected chi connectivity index (χ0v) is 19.7. The van der Waals surface area contributed by atoms with E-state index in [0.29, 0.717) is 36.0 Å². The van der Waals surface area contributed by atoms with Crippen molar-refractivity contribution in [2.24, 2.45) is 0 Å². The number of oxazole rings is 1. The maximum atomic E-state index is 12.3. The van der Waals surface area contributed by atoms with Crippen molar-refractivity contribution >= 4 is 23.3 Å². The van der Waals surface area contributed by atoms with Crippen LogP contribution in [-0.2, 0) is 11.2 Å². The van der Waals surface area contributed by atoms with Gasteiger partial charge in [-0.15, -0.1) is 0 Å². The maximum absolute atomic E-state index is 12.3. The molecule has 0 saturated heterocycles. The molecule has 9 heteroatoms. The van der Waals surface area contributed by atoms with Gasteiger partial charge < -0.3 is 29.8 Å². The Kier molecular flexibility index (Phi) is 8.16. The quantitative estimate of drug-likeness (QED) is 0.299. The van der Waals surface area contributed by atoms with Crippen molar-refractivity contribution in [3.8, 4) is 23.0 Å². The summed E-state index contributed by atoms with van der Waals surface area (Å²) in [6.45, 7) is 0.219. The lowest BCUT2D eigenvalue weighted by molar-refractivity contribution is -0.118. The number of para-hydroxylation sites is 1. The number of benzene rings is 3. The number of carbonyl (C=O) groups is 2.